The van der Waals surface area contributed by atoms with Crippen molar-refractivity contribution >= 4 is 27.3 Å². The predicted octanol–water partition coefficient (Wildman–Crippen LogP) is 1.13. The summed E-state index contributed by atoms with van der Waals surface area (Å²) in [5, 5.41) is 3.37. The second-order valence-corrected chi connectivity index (χ2v) is 5.51. The van der Waals surface area contributed by atoms with Gasteiger partial charge in [-0.3, -0.25) is 9.59 Å². The van der Waals surface area contributed by atoms with Crippen LogP contribution < -0.4 is 10.9 Å². The fraction of sp³-hybridized carbons (Fsp3) is 0.385. The van der Waals surface area contributed by atoms with E-state index in [2.05, 4.69) is 5.32 Å². The maximum atomic E-state index is 12.2. The highest BCUT2D eigenvalue weighted by molar-refractivity contribution is 7.18. The topological polar surface area (TPSA) is 60.3 Å². The van der Waals surface area contributed by atoms with Crippen molar-refractivity contribution in [2.75, 3.05) is 20.3 Å². The molecule has 0 atom stereocenters. The summed E-state index contributed by atoms with van der Waals surface area (Å²) in [5.74, 6) is -0.189. The van der Waals surface area contributed by atoms with Crippen LogP contribution in [0.2, 0.25) is 0 Å². The number of fused-ring (bicyclic) bond motifs is 1. The van der Waals surface area contributed by atoms with E-state index in [1.54, 1.807) is 24.6 Å². The first-order valence-electron chi connectivity index (χ1n) is 5.97. The molecule has 0 radical (unpaired) electrons. The van der Waals surface area contributed by atoms with E-state index in [0.717, 1.165) is 9.58 Å². The SMILES string of the molecule is COCCNC(=O)Cn1ccc2sc(C)cc2c1=O. The Kier molecular flexibility index (Phi) is 4.34. The number of nitrogens with zero attached hydrogens (tertiary/aromatic N) is 1. The second-order valence-electron chi connectivity index (χ2n) is 4.23. The number of nitrogens with one attached hydrogen (secondary N) is 1. The number of pyridine rings is 1. The van der Waals surface area contributed by atoms with E-state index in [9.17, 15) is 9.59 Å². The molecule has 102 valence electrons. The summed E-state index contributed by atoms with van der Waals surface area (Å²) in [5.41, 5.74) is -0.122. The Morgan fingerprint density at radius 3 is 3.05 bits per heavy atom. The molecule has 2 heterocycles. The standard InChI is InChI=1S/C13H16N2O3S/c1-9-7-10-11(19-9)3-5-15(13(10)17)8-12(16)14-4-6-18-2/h3,5,7H,4,6,8H2,1-2H3,(H,14,16). The van der Waals surface area contributed by atoms with E-state index in [0.29, 0.717) is 18.5 Å². The van der Waals surface area contributed by atoms with Gasteiger partial charge in [-0.1, -0.05) is 0 Å². The van der Waals surface area contributed by atoms with Gasteiger partial charge in [0, 0.05) is 29.4 Å². The van der Waals surface area contributed by atoms with Gasteiger partial charge in [0.25, 0.3) is 5.56 Å². The van der Waals surface area contributed by atoms with Crippen molar-refractivity contribution in [2.24, 2.45) is 0 Å². The van der Waals surface area contributed by atoms with Crippen LogP contribution >= 0.6 is 11.3 Å². The molecule has 0 fully saturated rings. The number of hydrogen-bond acceptors (Lipinski definition) is 4. The van der Waals surface area contributed by atoms with Gasteiger partial charge in [-0.15, -0.1) is 11.3 Å². The number of thiophene rings is 1. The van der Waals surface area contributed by atoms with Gasteiger partial charge in [0.15, 0.2) is 0 Å². The Bertz CT molecular complexity index is 645. The van der Waals surface area contributed by atoms with Crippen molar-refractivity contribution in [3.05, 3.63) is 33.6 Å². The van der Waals surface area contributed by atoms with Crippen molar-refractivity contribution < 1.29 is 9.53 Å². The van der Waals surface area contributed by atoms with Crippen LogP contribution in [0.1, 0.15) is 4.88 Å². The van der Waals surface area contributed by atoms with Crippen LogP contribution in [-0.4, -0.2) is 30.7 Å². The number of amides is 1. The van der Waals surface area contributed by atoms with Crippen LogP contribution in [0.25, 0.3) is 10.1 Å². The minimum absolute atomic E-state index is 0.0351. The minimum Gasteiger partial charge on any atom is -0.383 e. The molecule has 0 spiro atoms. The number of methoxy groups -OCH3 is 1. The van der Waals surface area contributed by atoms with Crippen LogP contribution in [0, 0.1) is 6.92 Å². The number of hydrogen-bond donors (Lipinski definition) is 1. The molecule has 0 unspecified atom stereocenters. The highest BCUT2D eigenvalue weighted by Crippen LogP contribution is 2.21. The first-order chi connectivity index (χ1) is 9.11. The average molecular weight is 280 g/mol. The number of carbonyl (C=O) groups is 1. The molecule has 2 aromatic heterocycles. The monoisotopic (exact) mass is 280 g/mol. The highest BCUT2D eigenvalue weighted by Gasteiger charge is 2.08. The summed E-state index contributed by atoms with van der Waals surface area (Å²) >= 11 is 1.58. The van der Waals surface area contributed by atoms with Crippen molar-refractivity contribution in [2.45, 2.75) is 13.5 Å². The molecule has 5 nitrogen and oxygen atoms in total. The Balaban J connectivity index is 2.14. The quantitative estimate of drug-likeness (QED) is 0.835. The Hall–Kier alpha value is -1.66. The molecule has 1 amide bonds. The summed E-state index contributed by atoms with van der Waals surface area (Å²) < 4.78 is 7.23. The zero-order valence-corrected chi connectivity index (χ0v) is 11.8. The maximum Gasteiger partial charge on any atom is 0.259 e. The van der Waals surface area contributed by atoms with Gasteiger partial charge in [0.1, 0.15) is 6.54 Å². The van der Waals surface area contributed by atoms with E-state index in [1.807, 2.05) is 19.1 Å². The van der Waals surface area contributed by atoms with Crippen LogP contribution in [0.4, 0.5) is 0 Å². The smallest absolute Gasteiger partial charge is 0.259 e. The van der Waals surface area contributed by atoms with Crippen molar-refractivity contribution in [1.82, 2.24) is 9.88 Å². The molecule has 0 saturated heterocycles. The number of aryl methyl sites for hydroxylation is 1. The molecule has 0 aliphatic carbocycles. The lowest BCUT2D eigenvalue weighted by Crippen LogP contribution is -2.33. The highest BCUT2D eigenvalue weighted by atomic mass is 32.1. The molecule has 0 saturated carbocycles. The first kappa shape index (κ1) is 13.8. The summed E-state index contributed by atoms with van der Waals surface area (Å²) in [6.45, 7) is 2.91. The Labute approximate surface area is 114 Å². The second kappa shape index (κ2) is 5.99. The van der Waals surface area contributed by atoms with E-state index < -0.39 is 0 Å². The van der Waals surface area contributed by atoms with E-state index in [1.165, 1.54) is 4.57 Å². The van der Waals surface area contributed by atoms with E-state index >= 15 is 0 Å². The summed E-state index contributed by atoms with van der Waals surface area (Å²) in [7, 11) is 1.57. The average Bonchev–Trinajstić information content (AvgIpc) is 2.75. The fourth-order valence-electron chi connectivity index (χ4n) is 1.83. The molecular formula is C13H16N2O3S. The Morgan fingerprint density at radius 2 is 2.32 bits per heavy atom. The van der Waals surface area contributed by atoms with Crippen molar-refractivity contribution in [1.29, 1.82) is 0 Å². The van der Waals surface area contributed by atoms with Gasteiger partial charge in [-0.2, -0.15) is 0 Å². The molecule has 2 rings (SSSR count). The largest absolute Gasteiger partial charge is 0.383 e. The van der Waals surface area contributed by atoms with Crippen molar-refractivity contribution in [3.63, 3.8) is 0 Å². The normalized spacial score (nSPS) is 10.8. The summed E-state index contributed by atoms with van der Waals surface area (Å²) in [4.78, 5) is 24.9. The molecule has 0 aromatic carbocycles. The van der Waals surface area contributed by atoms with Gasteiger partial charge in [0.05, 0.1) is 12.0 Å². The first-order valence-corrected chi connectivity index (χ1v) is 6.78. The molecule has 1 N–H and O–H groups in total. The lowest BCUT2D eigenvalue weighted by molar-refractivity contribution is -0.121. The zero-order valence-electron chi connectivity index (χ0n) is 10.9. The predicted molar refractivity (Wildman–Crippen MR) is 75.7 cm³/mol. The van der Waals surface area contributed by atoms with Gasteiger partial charge in [-0.25, -0.2) is 0 Å². The minimum atomic E-state index is -0.189. The number of aromatic nitrogens is 1. The van der Waals surface area contributed by atoms with Gasteiger partial charge >= 0.3 is 0 Å². The van der Waals surface area contributed by atoms with Crippen LogP contribution in [0.5, 0.6) is 0 Å². The van der Waals surface area contributed by atoms with Gasteiger partial charge < -0.3 is 14.6 Å². The van der Waals surface area contributed by atoms with Crippen LogP contribution in [0.3, 0.4) is 0 Å². The third-order valence-corrected chi connectivity index (χ3v) is 3.74. The number of ether oxygens (including phenoxy) is 1. The maximum absolute atomic E-state index is 12.2. The molecule has 0 aliphatic heterocycles. The molecule has 0 aliphatic rings. The van der Waals surface area contributed by atoms with Crippen LogP contribution in [-0.2, 0) is 16.1 Å². The lowest BCUT2D eigenvalue weighted by atomic mass is 10.3. The van der Waals surface area contributed by atoms with E-state index in [-0.39, 0.29) is 18.0 Å². The van der Waals surface area contributed by atoms with Gasteiger partial charge in [0.2, 0.25) is 5.91 Å². The fourth-order valence-corrected chi connectivity index (χ4v) is 2.74. The number of carbonyl (C=O) groups excluding carboxylic acids is 1. The molecule has 0 bridgehead atoms. The molecule has 2 aromatic rings. The zero-order chi connectivity index (χ0) is 13.8. The Morgan fingerprint density at radius 1 is 1.53 bits per heavy atom. The summed E-state index contributed by atoms with van der Waals surface area (Å²) in [6, 6.07) is 3.73. The third-order valence-electron chi connectivity index (χ3n) is 2.72. The molecular weight excluding hydrogens is 264 g/mol. The molecule has 6 heteroatoms. The van der Waals surface area contributed by atoms with Gasteiger partial charge in [-0.05, 0) is 19.1 Å². The third kappa shape index (κ3) is 3.21. The van der Waals surface area contributed by atoms with E-state index in [4.69, 9.17) is 4.74 Å². The van der Waals surface area contributed by atoms with Crippen molar-refractivity contribution in [3.8, 4) is 0 Å². The number of rotatable bonds is 5. The summed E-state index contributed by atoms with van der Waals surface area (Å²) in [6.07, 6.45) is 1.66. The van der Waals surface area contributed by atoms with Crippen LogP contribution in [0.15, 0.2) is 23.1 Å². The molecule has 19 heavy (non-hydrogen) atoms. The lowest BCUT2D eigenvalue weighted by Gasteiger charge is -2.06.